The summed E-state index contributed by atoms with van der Waals surface area (Å²) in [7, 11) is 0. The quantitative estimate of drug-likeness (QED) is 0.306. The van der Waals surface area contributed by atoms with Gasteiger partial charge in [-0.2, -0.15) is 0 Å². The van der Waals surface area contributed by atoms with Crippen molar-refractivity contribution in [3.63, 3.8) is 0 Å². The van der Waals surface area contributed by atoms with Crippen LogP contribution < -0.4 is 11.3 Å². The standard InChI is InChI=1S/C12H18N4O3/c1-3-16(7-8(2)11(13)15-19)12(18)9-4-5-14-10(17)6-9/h4-6,8,19H,3,7H2,1-2H3,(H2,13,15)(H,14,17). The molecule has 7 heteroatoms. The lowest BCUT2D eigenvalue weighted by atomic mass is 10.1. The van der Waals surface area contributed by atoms with Crippen LogP contribution in [0.4, 0.5) is 0 Å². The van der Waals surface area contributed by atoms with Gasteiger partial charge in [0.2, 0.25) is 5.56 Å². The lowest BCUT2D eigenvalue weighted by molar-refractivity contribution is 0.0753. The van der Waals surface area contributed by atoms with Gasteiger partial charge in [0.1, 0.15) is 5.84 Å². The summed E-state index contributed by atoms with van der Waals surface area (Å²) in [5.41, 5.74) is 5.48. The minimum Gasteiger partial charge on any atom is -0.409 e. The number of aromatic amines is 1. The number of aromatic nitrogens is 1. The lowest BCUT2D eigenvalue weighted by Gasteiger charge is -2.24. The molecule has 104 valence electrons. The fraction of sp³-hybridized carbons (Fsp3) is 0.417. The number of nitrogens with two attached hydrogens (primary N) is 1. The Balaban J connectivity index is 2.86. The molecule has 1 rings (SSSR count). The number of H-pyrrole nitrogens is 1. The zero-order valence-electron chi connectivity index (χ0n) is 11.0. The van der Waals surface area contributed by atoms with Gasteiger partial charge in [-0.15, -0.1) is 0 Å². The summed E-state index contributed by atoms with van der Waals surface area (Å²) < 4.78 is 0. The second-order valence-electron chi connectivity index (χ2n) is 4.21. The molecule has 7 nitrogen and oxygen atoms in total. The maximum Gasteiger partial charge on any atom is 0.254 e. The van der Waals surface area contributed by atoms with Gasteiger partial charge in [0.25, 0.3) is 5.91 Å². The Hall–Kier alpha value is -2.31. The van der Waals surface area contributed by atoms with Crippen molar-refractivity contribution in [2.75, 3.05) is 13.1 Å². The second kappa shape index (κ2) is 6.58. The van der Waals surface area contributed by atoms with Gasteiger partial charge in [-0.25, -0.2) is 0 Å². The smallest absolute Gasteiger partial charge is 0.254 e. The minimum absolute atomic E-state index is 0.0668. The molecule has 4 N–H and O–H groups in total. The zero-order chi connectivity index (χ0) is 14.4. The molecule has 1 aromatic rings. The molecule has 0 bridgehead atoms. The highest BCUT2D eigenvalue weighted by Gasteiger charge is 2.19. The van der Waals surface area contributed by atoms with E-state index in [1.54, 1.807) is 13.0 Å². The first-order valence-corrected chi connectivity index (χ1v) is 5.95. The highest BCUT2D eigenvalue weighted by molar-refractivity contribution is 5.94. The van der Waals surface area contributed by atoms with Crippen LogP contribution in [0.5, 0.6) is 0 Å². The first-order chi connectivity index (χ1) is 8.99. The minimum atomic E-state index is -0.327. The van der Waals surface area contributed by atoms with Crippen molar-refractivity contribution < 1.29 is 10.0 Å². The summed E-state index contributed by atoms with van der Waals surface area (Å²) in [6, 6.07) is 2.79. The number of rotatable bonds is 5. The first-order valence-electron chi connectivity index (χ1n) is 5.95. The molecule has 0 aromatic carbocycles. The van der Waals surface area contributed by atoms with E-state index in [9.17, 15) is 9.59 Å². The monoisotopic (exact) mass is 266 g/mol. The number of carbonyl (C=O) groups excluding carboxylic acids is 1. The topological polar surface area (TPSA) is 112 Å². The maximum absolute atomic E-state index is 12.2. The molecule has 0 fully saturated rings. The van der Waals surface area contributed by atoms with Crippen LogP contribution >= 0.6 is 0 Å². The van der Waals surface area contributed by atoms with Gasteiger partial charge in [-0.1, -0.05) is 12.1 Å². The van der Waals surface area contributed by atoms with Crippen LogP contribution in [0.3, 0.4) is 0 Å². The van der Waals surface area contributed by atoms with E-state index in [1.807, 2.05) is 6.92 Å². The van der Waals surface area contributed by atoms with E-state index in [2.05, 4.69) is 10.1 Å². The summed E-state index contributed by atoms with van der Waals surface area (Å²) in [6.07, 6.45) is 1.43. The van der Waals surface area contributed by atoms with Crippen LogP contribution in [-0.4, -0.2) is 39.9 Å². The van der Waals surface area contributed by atoms with Crippen molar-refractivity contribution >= 4 is 11.7 Å². The number of amidine groups is 1. The summed E-state index contributed by atoms with van der Waals surface area (Å²) in [5.74, 6) is -0.459. The van der Waals surface area contributed by atoms with E-state index in [-0.39, 0.29) is 23.2 Å². The predicted octanol–water partition coefficient (Wildman–Crippen LogP) is 0.219. The number of nitrogens with one attached hydrogen (secondary N) is 1. The van der Waals surface area contributed by atoms with E-state index < -0.39 is 0 Å². The number of hydrogen-bond acceptors (Lipinski definition) is 4. The van der Waals surface area contributed by atoms with Gasteiger partial charge in [-0.05, 0) is 13.0 Å². The fourth-order valence-electron chi connectivity index (χ4n) is 1.64. The van der Waals surface area contributed by atoms with Gasteiger partial charge in [0.05, 0.1) is 0 Å². The molecule has 1 amide bonds. The van der Waals surface area contributed by atoms with Gasteiger partial charge >= 0.3 is 0 Å². The molecule has 0 spiro atoms. The average Bonchev–Trinajstić information content (AvgIpc) is 2.42. The van der Waals surface area contributed by atoms with E-state index in [0.29, 0.717) is 18.7 Å². The summed E-state index contributed by atoms with van der Waals surface area (Å²) >= 11 is 0. The van der Waals surface area contributed by atoms with Gasteiger partial charge in [0, 0.05) is 36.8 Å². The maximum atomic E-state index is 12.2. The van der Waals surface area contributed by atoms with Crippen molar-refractivity contribution in [2.45, 2.75) is 13.8 Å². The first kappa shape index (κ1) is 14.7. The van der Waals surface area contributed by atoms with Crippen LogP contribution in [0.2, 0.25) is 0 Å². The van der Waals surface area contributed by atoms with Gasteiger partial charge in [0.15, 0.2) is 0 Å². The molecule has 0 aliphatic rings. The Morgan fingerprint density at radius 2 is 2.32 bits per heavy atom. The van der Waals surface area contributed by atoms with E-state index in [0.717, 1.165) is 0 Å². The highest BCUT2D eigenvalue weighted by atomic mass is 16.4. The van der Waals surface area contributed by atoms with Crippen molar-refractivity contribution in [2.24, 2.45) is 16.8 Å². The van der Waals surface area contributed by atoms with E-state index in [1.165, 1.54) is 17.2 Å². The highest BCUT2D eigenvalue weighted by Crippen LogP contribution is 2.06. The molecular formula is C12H18N4O3. The molecule has 0 aliphatic heterocycles. The average molecular weight is 266 g/mol. The number of amides is 1. The molecule has 1 heterocycles. The second-order valence-corrected chi connectivity index (χ2v) is 4.21. The number of oxime groups is 1. The van der Waals surface area contributed by atoms with Crippen LogP contribution in [-0.2, 0) is 0 Å². The SMILES string of the molecule is CCN(CC(C)/C(N)=N/O)C(=O)c1cc[nH]c(=O)c1. The molecular weight excluding hydrogens is 248 g/mol. The predicted molar refractivity (Wildman–Crippen MR) is 71.2 cm³/mol. The van der Waals surface area contributed by atoms with Crippen LogP contribution in [0.15, 0.2) is 28.3 Å². The number of pyridine rings is 1. The lowest BCUT2D eigenvalue weighted by Crippen LogP contribution is -2.39. The Kier molecular flexibility index (Phi) is 5.11. The Bertz CT molecular complexity index is 524. The van der Waals surface area contributed by atoms with Crippen molar-refractivity contribution in [1.82, 2.24) is 9.88 Å². The molecule has 0 saturated carbocycles. The molecule has 19 heavy (non-hydrogen) atoms. The van der Waals surface area contributed by atoms with Gasteiger partial charge < -0.3 is 20.8 Å². The van der Waals surface area contributed by atoms with E-state index in [4.69, 9.17) is 10.9 Å². The van der Waals surface area contributed by atoms with Crippen molar-refractivity contribution in [1.29, 1.82) is 0 Å². The van der Waals surface area contributed by atoms with Crippen molar-refractivity contribution in [3.05, 3.63) is 34.2 Å². The molecule has 0 saturated heterocycles. The summed E-state index contributed by atoms with van der Waals surface area (Å²) in [6.45, 7) is 4.36. The van der Waals surface area contributed by atoms with Crippen LogP contribution in [0.1, 0.15) is 24.2 Å². The van der Waals surface area contributed by atoms with Crippen LogP contribution in [0, 0.1) is 5.92 Å². The Morgan fingerprint density at radius 1 is 1.63 bits per heavy atom. The fourth-order valence-corrected chi connectivity index (χ4v) is 1.64. The third-order valence-electron chi connectivity index (χ3n) is 2.81. The molecule has 0 radical (unpaired) electrons. The Labute approximate surface area is 110 Å². The van der Waals surface area contributed by atoms with Crippen LogP contribution in [0.25, 0.3) is 0 Å². The third kappa shape index (κ3) is 3.84. The normalized spacial score (nSPS) is 13.1. The molecule has 1 unspecified atom stereocenters. The van der Waals surface area contributed by atoms with E-state index >= 15 is 0 Å². The number of hydrogen-bond donors (Lipinski definition) is 3. The number of carbonyl (C=O) groups is 1. The summed E-state index contributed by atoms with van der Waals surface area (Å²) in [5, 5.41) is 11.5. The third-order valence-corrected chi connectivity index (χ3v) is 2.81. The molecule has 1 aromatic heterocycles. The Morgan fingerprint density at radius 3 is 2.84 bits per heavy atom. The van der Waals surface area contributed by atoms with Gasteiger partial charge in [-0.3, -0.25) is 9.59 Å². The largest absolute Gasteiger partial charge is 0.409 e. The zero-order valence-corrected chi connectivity index (χ0v) is 11.0. The molecule has 1 atom stereocenters. The number of nitrogens with zero attached hydrogens (tertiary/aromatic N) is 2. The molecule has 0 aliphatic carbocycles. The summed E-state index contributed by atoms with van der Waals surface area (Å²) in [4.78, 5) is 27.4. The van der Waals surface area contributed by atoms with Crippen molar-refractivity contribution in [3.8, 4) is 0 Å².